The first kappa shape index (κ1) is 18.5. The van der Waals surface area contributed by atoms with Gasteiger partial charge >= 0.3 is 0 Å². The lowest BCUT2D eigenvalue weighted by Crippen LogP contribution is -2.33. The highest BCUT2D eigenvalue weighted by Crippen LogP contribution is 2.25. The van der Waals surface area contributed by atoms with Crippen LogP contribution in [-0.2, 0) is 4.79 Å². The fourth-order valence-electron chi connectivity index (χ4n) is 2.48. The van der Waals surface area contributed by atoms with E-state index < -0.39 is 6.10 Å². The Bertz CT molecular complexity index is 479. The Morgan fingerprint density at radius 2 is 1.95 bits per heavy atom. The van der Waals surface area contributed by atoms with Crippen molar-refractivity contribution in [3.05, 3.63) is 33.8 Å². The van der Waals surface area contributed by atoms with Gasteiger partial charge in [0.15, 0.2) is 0 Å². The number of amides is 1. The average Bonchev–Trinajstić information content (AvgIpc) is 2.81. The molecule has 1 aromatic carbocycles. The molecule has 4 nitrogen and oxygen atoms in total. The number of aliphatic hydroxyl groups is 1. The Morgan fingerprint density at radius 1 is 1.33 bits per heavy atom. The smallest absolute Gasteiger partial charge is 0.223 e. The maximum atomic E-state index is 11.9. The van der Waals surface area contributed by atoms with Gasteiger partial charge in [0, 0.05) is 28.5 Å². The van der Waals surface area contributed by atoms with Gasteiger partial charge < -0.3 is 16.2 Å². The summed E-state index contributed by atoms with van der Waals surface area (Å²) in [6.45, 7) is 0.140. The number of carbonyl (C=O) groups excluding carboxylic acids is 1. The number of aliphatic hydroxyl groups excluding tert-OH is 1. The van der Waals surface area contributed by atoms with Crippen LogP contribution in [0.15, 0.2) is 18.2 Å². The van der Waals surface area contributed by atoms with Crippen molar-refractivity contribution in [2.45, 2.75) is 31.4 Å². The molecule has 7 heteroatoms. The number of hydrogen-bond donors (Lipinski definition) is 3. The molecule has 118 valence electrons. The van der Waals surface area contributed by atoms with Crippen LogP contribution >= 0.6 is 35.6 Å². The van der Waals surface area contributed by atoms with Crippen molar-refractivity contribution in [1.82, 2.24) is 5.32 Å². The highest BCUT2D eigenvalue weighted by molar-refractivity contribution is 6.34. The number of benzene rings is 1. The van der Waals surface area contributed by atoms with Gasteiger partial charge in [-0.25, -0.2) is 0 Å². The summed E-state index contributed by atoms with van der Waals surface area (Å²) in [5.41, 5.74) is 6.37. The Hall–Kier alpha value is -0.520. The molecule has 1 fully saturated rings. The van der Waals surface area contributed by atoms with Gasteiger partial charge in [-0.3, -0.25) is 4.79 Å². The Kier molecular flexibility index (Phi) is 7.24. The number of rotatable bonds is 4. The minimum Gasteiger partial charge on any atom is -0.387 e. The topological polar surface area (TPSA) is 75.4 Å². The van der Waals surface area contributed by atoms with Gasteiger partial charge in [0.25, 0.3) is 0 Å². The second-order valence-corrected chi connectivity index (χ2v) is 6.11. The van der Waals surface area contributed by atoms with E-state index in [4.69, 9.17) is 28.9 Å². The van der Waals surface area contributed by atoms with E-state index in [-0.39, 0.29) is 36.8 Å². The molecule has 1 aliphatic rings. The molecule has 0 aromatic heterocycles. The molecule has 3 atom stereocenters. The van der Waals surface area contributed by atoms with E-state index in [0.717, 1.165) is 12.8 Å². The Labute approximate surface area is 140 Å². The van der Waals surface area contributed by atoms with Crippen molar-refractivity contribution < 1.29 is 9.90 Å². The van der Waals surface area contributed by atoms with Gasteiger partial charge in [-0.05, 0) is 43.0 Å². The molecule has 2 rings (SSSR count). The molecule has 3 unspecified atom stereocenters. The van der Waals surface area contributed by atoms with Crippen LogP contribution in [0.3, 0.4) is 0 Å². The Morgan fingerprint density at radius 3 is 2.48 bits per heavy atom. The van der Waals surface area contributed by atoms with E-state index >= 15 is 0 Å². The van der Waals surface area contributed by atoms with E-state index in [0.29, 0.717) is 22.0 Å². The summed E-state index contributed by atoms with van der Waals surface area (Å²) >= 11 is 11.8. The van der Waals surface area contributed by atoms with Crippen LogP contribution in [0.4, 0.5) is 0 Å². The van der Waals surface area contributed by atoms with E-state index in [9.17, 15) is 9.90 Å². The van der Waals surface area contributed by atoms with Crippen molar-refractivity contribution in [3.8, 4) is 0 Å². The molecule has 4 N–H and O–H groups in total. The van der Waals surface area contributed by atoms with Crippen LogP contribution in [0, 0.1) is 5.92 Å². The Balaban J connectivity index is 0.00000220. The lowest BCUT2D eigenvalue weighted by Gasteiger charge is -2.15. The lowest BCUT2D eigenvalue weighted by atomic mass is 10.1. The summed E-state index contributed by atoms with van der Waals surface area (Å²) in [5.74, 6) is -0.0923. The van der Waals surface area contributed by atoms with Crippen molar-refractivity contribution in [1.29, 1.82) is 0 Å². The van der Waals surface area contributed by atoms with Gasteiger partial charge in [-0.1, -0.05) is 23.2 Å². The fraction of sp³-hybridized carbons (Fsp3) is 0.500. The molecular formula is C14H19Cl3N2O2. The fourth-order valence-corrected chi connectivity index (χ4v) is 3.02. The molecule has 0 radical (unpaired) electrons. The standard InChI is InChI=1S/C14H18Cl2N2O2.ClH/c15-10-3-9(4-11(16)6-10)13(19)7-18-14(20)8-1-2-12(17)5-8;/h3-4,6,8,12-13,19H,1-2,5,7,17H2,(H,18,20);1H. The zero-order valence-electron chi connectivity index (χ0n) is 11.4. The van der Waals surface area contributed by atoms with Crippen LogP contribution in [0.25, 0.3) is 0 Å². The third-order valence-electron chi connectivity index (χ3n) is 3.58. The molecule has 1 aliphatic carbocycles. The van der Waals surface area contributed by atoms with E-state index in [2.05, 4.69) is 5.32 Å². The summed E-state index contributed by atoms with van der Waals surface area (Å²) < 4.78 is 0. The van der Waals surface area contributed by atoms with E-state index in [1.807, 2.05) is 0 Å². The van der Waals surface area contributed by atoms with Crippen molar-refractivity contribution in [2.75, 3.05) is 6.54 Å². The first-order valence-electron chi connectivity index (χ1n) is 6.63. The maximum Gasteiger partial charge on any atom is 0.223 e. The van der Waals surface area contributed by atoms with Crippen molar-refractivity contribution in [3.63, 3.8) is 0 Å². The molecule has 1 saturated carbocycles. The molecule has 0 spiro atoms. The summed E-state index contributed by atoms with van der Waals surface area (Å²) in [4.78, 5) is 11.9. The predicted octanol–water partition coefficient (Wildman–Crippen LogP) is 2.69. The monoisotopic (exact) mass is 352 g/mol. The number of halogens is 3. The first-order valence-corrected chi connectivity index (χ1v) is 7.38. The van der Waals surface area contributed by atoms with Crippen LogP contribution in [-0.4, -0.2) is 23.6 Å². The average molecular weight is 354 g/mol. The van der Waals surface area contributed by atoms with Crippen LogP contribution in [0.5, 0.6) is 0 Å². The predicted molar refractivity (Wildman–Crippen MR) is 87.0 cm³/mol. The second-order valence-electron chi connectivity index (χ2n) is 5.23. The van der Waals surface area contributed by atoms with E-state index in [1.165, 1.54) is 0 Å². The largest absolute Gasteiger partial charge is 0.387 e. The summed E-state index contributed by atoms with van der Waals surface area (Å²) in [6.07, 6.45) is 1.58. The summed E-state index contributed by atoms with van der Waals surface area (Å²) in [6, 6.07) is 4.98. The third-order valence-corrected chi connectivity index (χ3v) is 4.02. The van der Waals surface area contributed by atoms with Crippen LogP contribution in [0.2, 0.25) is 10.0 Å². The molecule has 0 heterocycles. The third kappa shape index (κ3) is 5.31. The molecule has 1 amide bonds. The normalized spacial score (nSPS) is 22.5. The van der Waals surface area contributed by atoms with Gasteiger partial charge in [-0.15, -0.1) is 12.4 Å². The number of carbonyl (C=O) groups is 1. The molecule has 0 saturated heterocycles. The zero-order valence-corrected chi connectivity index (χ0v) is 13.7. The van der Waals surface area contributed by atoms with Crippen molar-refractivity contribution in [2.24, 2.45) is 11.7 Å². The second kappa shape index (κ2) is 8.20. The SMILES string of the molecule is Cl.NC1CCC(C(=O)NCC(O)c2cc(Cl)cc(Cl)c2)C1. The van der Waals surface area contributed by atoms with Crippen molar-refractivity contribution >= 4 is 41.5 Å². The molecular weight excluding hydrogens is 335 g/mol. The number of nitrogens with one attached hydrogen (secondary N) is 1. The quantitative estimate of drug-likeness (QED) is 0.779. The number of hydrogen-bond acceptors (Lipinski definition) is 3. The zero-order chi connectivity index (χ0) is 14.7. The minimum atomic E-state index is -0.828. The molecule has 0 bridgehead atoms. The molecule has 1 aromatic rings. The minimum absolute atomic E-state index is 0. The summed E-state index contributed by atoms with van der Waals surface area (Å²) in [7, 11) is 0. The maximum absolute atomic E-state index is 11.9. The highest BCUT2D eigenvalue weighted by atomic mass is 35.5. The van der Waals surface area contributed by atoms with Gasteiger partial charge in [0.1, 0.15) is 0 Å². The van der Waals surface area contributed by atoms with Crippen LogP contribution < -0.4 is 11.1 Å². The highest BCUT2D eigenvalue weighted by Gasteiger charge is 2.27. The van der Waals surface area contributed by atoms with E-state index in [1.54, 1.807) is 18.2 Å². The lowest BCUT2D eigenvalue weighted by molar-refractivity contribution is -0.125. The van der Waals surface area contributed by atoms with Gasteiger partial charge in [-0.2, -0.15) is 0 Å². The molecule has 21 heavy (non-hydrogen) atoms. The van der Waals surface area contributed by atoms with Gasteiger partial charge in [0.05, 0.1) is 6.10 Å². The first-order chi connectivity index (χ1) is 9.45. The van der Waals surface area contributed by atoms with Crippen LogP contribution in [0.1, 0.15) is 30.9 Å². The van der Waals surface area contributed by atoms with Gasteiger partial charge in [0.2, 0.25) is 5.91 Å². The summed E-state index contributed by atoms with van der Waals surface area (Å²) in [5, 5.41) is 13.7. The molecule has 0 aliphatic heterocycles. The number of nitrogens with two attached hydrogens (primary N) is 1.